The van der Waals surface area contributed by atoms with Crippen molar-refractivity contribution < 1.29 is 0 Å². The topological polar surface area (TPSA) is 12.0 Å². The lowest BCUT2D eigenvalue weighted by Crippen LogP contribution is -2.34. The van der Waals surface area contributed by atoms with E-state index in [-0.39, 0.29) is 12.4 Å². The molecular weight excluding hydrogens is 325 g/mol. The molecule has 2 heterocycles. The minimum absolute atomic E-state index is 0. The molecule has 0 spiro atoms. The van der Waals surface area contributed by atoms with E-state index in [1.165, 1.54) is 19.6 Å². The molecule has 0 bridgehead atoms. The van der Waals surface area contributed by atoms with E-state index >= 15 is 0 Å². The van der Waals surface area contributed by atoms with Gasteiger partial charge in [0.15, 0.2) is 0 Å². The van der Waals surface area contributed by atoms with Crippen molar-refractivity contribution in [1.82, 2.24) is 5.32 Å². The Labute approximate surface area is 98.6 Å². The number of halogens is 3. The van der Waals surface area contributed by atoms with Gasteiger partial charge in [0.2, 0.25) is 0 Å². The molecule has 1 aromatic heterocycles. The van der Waals surface area contributed by atoms with Gasteiger partial charge < -0.3 is 5.32 Å². The molecule has 12 heavy (non-hydrogen) atoms. The zero-order valence-corrected chi connectivity index (χ0v) is 10.9. The lowest BCUT2D eigenvalue weighted by Gasteiger charge is -2.26. The first-order valence-electron chi connectivity index (χ1n) is 3.45. The van der Waals surface area contributed by atoms with Crippen LogP contribution in [-0.4, -0.2) is 6.54 Å². The summed E-state index contributed by atoms with van der Waals surface area (Å²) in [5.41, 5.74) is 0. The SMILES string of the molecule is Brc1cc([C@H]2CCN2)sc1Br.Cl. The summed E-state index contributed by atoms with van der Waals surface area (Å²) in [5.74, 6) is 0. The number of hydrogen-bond donors (Lipinski definition) is 1. The average molecular weight is 333 g/mol. The second kappa shape index (κ2) is 4.42. The Kier molecular flexibility index (Phi) is 4.05. The molecule has 2 rings (SSSR count). The van der Waals surface area contributed by atoms with Crippen molar-refractivity contribution >= 4 is 55.6 Å². The Balaban J connectivity index is 0.000000720. The molecule has 0 aromatic carbocycles. The van der Waals surface area contributed by atoms with Crippen LogP contribution in [0.1, 0.15) is 17.3 Å². The Morgan fingerprint density at radius 2 is 2.17 bits per heavy atom. The predicted molar refractivity (Wildman–Crippen MR) is 62.3 cm³/mol. The zero-order chi connectivity index (χ0) is 7.84. The molecule has 1 atom stereocenters. The fourth-order valence-electron chi connectivity index (χ4n) is 1.07. The minimum atomic E-state index is 0. The average Bonchev–Trinajstić information content (AvgIpc) is 2.08. The summed E-state index contributed by atoms with van der Waals surface area (Å²) in [6, 6.07) is 2.80. The molecule has 0 amide bonds. The van der Waals surface area contributed by atoms with Crippen molar-refractivity contribution in [2.24, 2.45) is 0 Å². The summed E-state index contributed by atoms with van der Waals surface area (Å²) in [6.07, 6.45) is 1.28. The van der Waals surface area contributed by atoms with E-state index in [0.717, 1.165) is 6.54 Å². The van der Waals surface area contributed by atoms with Crippen LogP contribution in [0.15, 0.2) is 14.3 Å². The molecule has 1 N–H and O–H groups in total. The summed E-state index contributed by atoms with van der Waals surface area (Å²) in [7, 11) is 0. The smallest absolute Gasteiger partial charge is 0.0843 e. The molecule has 1 aliphatic rings. The summed E-state index contributed by atoms with van der Waals surface area (Å²) >= 11 is 8.76. The van der Waals surface area contributed by atoms with Gasteiger partial charge in [-0.15, -0.1) is 23.7 Å². The molecule has 1 aromatic rings. The van der Waals surface area contributed by atoms with Crippen LogP contribution < -0.4 is 5.32 Å². The van der Waals surface area contributed by atoms with Gasteiger partial charge >= 0.3 is 0 Å². The highest BCUT2D eigenvalue weighted by atomic mass is 79.9. The van der Waals surface area contributed by atoms with Crippen molar-refractivity contribution in [2.45, 2.75) is 12.5 Å². The van der Waals surface area contributed by atoms with Crippen molar-refractivity contribution in [1.29, 1.82) is 0 Å². The molecule has 0 aliphatic carbocycles. The molecular formula is C7H8Br2ClNS. The van der Waals surface area contributed by atoms with Crippen LogP contribution in [0, 0.1) is 0 Å². The molecule has 68 valence electrons. The first-order valence-corrected chi connectivity index (χ1v) is 5.86. The Bertz CT molecular complexity index is 253. The first kappa shape index (κ1) is 11.0. The van der Waals surface area contributed by atoms with Crippen LogP contribution in [0.4, 0.5) is 0 Å². The third-order valence-electron chi connectivity index (χ3n) is 1.83. The van der Waals surface area contributed by atoms with E-state index in [2.05, 4.69) is 43.2 Å². The minimum Gasteiger partial charge on any atom is -0.309 e. The van der Waals surface area contributed by atoms with E-state index in [1.54, 1.807) is 11.3 Å². The molecule has 1 aliphatic heterocycles. The lowest BCUT2D eigenvalue weighted by molar-refractivity contribution is 0.389. The molecule has 0 radical (unpaired) electrons. The fourth-order valence-corrected chi connectivity index (χ4v) is 3.27. The second-order valence-electron chi connectivity index (χ2n) is 2.57. The van der Waals surface area contributed by atoms with Crippen LogP contribution in [0.5, 0.6) is 0 Å². The van der Waals surface area contributed by atoms with Gasteiger partial charge in [-0.2, -0.15) is 0 Å². The highest BCUT2D eigenvalue weighted by Crippen LogP contribution is 2.37. The van der Waals surface area contributed by atoms with Crippen LogP contribution in [0.3, 0.4) is 0 Å². The van der Waals surface area contributed by atoms with Crippen LogP contribution in [0.2, 0.25) is 0 Å². The van der Waals surface area contributed by atoms with Gasteiger partial charge in [0.1, 0.15) is 0 Å². The number of hydrogen-bond acceptors (Lipinski definition) is 2. The highest BCUT2D eigenvalue weighted by Gasteiger charge is 2.20. The van der Waals surface area contributed by atoms with Gasteiger partial charge in [0.25, 0.3) is 0 Å². The Hall–Kier alpha value is 0.910. The fraction of sp³-hybridized carbons (Fsp3) is 0.429. The monoisotopic (exact) mass is 331 g/mol. The van der Waals surface area contributed by atoms with Gasteiger partial charge in [0.05, 0.1) is 3.79 Å². The van der Waals surface area contributed by atoms with Crippen molar-refractivity contribution in [3.05, 3.63) is 19.2 Å². The summed E-state index contributed by atoms with van der Waals surface area (Å²) in [5, 5.41) is 3.37. The second-order valence-corrected chi connectivity index (χ2v) is 5.82. The summed E-state index contributed by atoms with van der Waals surface area (Å²) < 4.78 is 2.37. The van der Waals surface area contributed by atoms with Gasteiger partial charge in [-0.1, -0.05) is 0 Å². The van der Waals surface area contributed by atoms with E-state index in [9.17, 15) is 0 Å². The summed E-state index contributed by atoms with van der Waals surface area (Å²) in [6.45, 7) is 1.16. The third-order valence-corrected chi connectivity index (χ3v) is 5.20. The maximum atomic E-state index is 3.48. The van der Waals surface area contributed by atoms with Gasteiger partial charge in [-0.3, -0.25) is 0 Å². The predicted octanol–water partition coefficient (Wildman–Crippen LogP) is 3.73. The molecule has 0 unspecified atom stereocenters. The van der Waals surface area contributed by atoms with Crippen molar-refractivity contribution in [2.75, 3.05) is 6.54 Å². The molecule has 0 saturated carbocycles. The number of thiophene rings is 1. The lowest BCUT2D eigenvalue weighted by atomic mass is 10.1. The quantitative estimate of drug-likeness (QED) is 0.826. The van der Waals surface area contributed by atoms with Crippen LogP contribution in [0.25, 0.3) is 0 Å². The standard InChI is InChI=1S/C7H7Br2NS.ClH/c8-4-3-6(11-7(4)9)5-1-2-10-5;/h3,5,10H,1-2H2;1H/t5-;/m1./s1. The van der Waals surface area contributed by atoms with Crippen molar-refractivity contribution in [3.63, 3.8) is 0 Å². The first-order chi connectivity index (χ1) is 5.27. The molecule has 5 heteroatoms. The Morgan fingerprint density at radius 3 is 2.50 bits per heavy atom. The summed E-state index contributed by atoms with van der Waals surface area (Å²) in [4.78, 5) is 1.43. The Morgan fingerprint density at radius 1 is 1.50 bits per heavy atom. The van der Waals surface area contributed by atoms with Crippen LogP contribution in [-0.2, 0) is 0 Å². The van der Waals surface area contributed by atoms with Gasteiger partial charge in [-0.25, -0.2) is 0 Å². The molecule has 1 saturated heterocycles. The number of nitrogens with one attached hydrogen (secondary N) is 1. The third kappa shape index (κ3) is 2.04. The number of rotatable bonds is 1. The van der Waals surface area contributed by atoms with Crippen molar-refractivity contribution in [3.8, 4) is 0 Å². The largest absolute Gasteiger partial charge is 0.309 e. The van der Waals surface area contributed by atoms with E-state index in [4.69, 9.17) is 0 Å². The van der Waals surface area contributed by atoms with Crippen LogP contribution >= 0.6 is 55.6 Å². The van der Waals surface area contributed by atoms with E-state index < -0.39 is 0 Å². The zero-order valence-electron chi connectivity index (χ0n) is 6.14. The van der Waals surface area contributed by atoms with E-state index in [0.29, 0.717) is 6.04 Å². The molecule has 1 fully saturated rings. The normalized spacial score (nSPS) is 21.3. The maximum absolute atomic E-state index is 3.48. The maximum Gasteiger partial charge on any atom is 0.0843 e. The van der Waals surface area contributed by atoms with E-state index in [1.807, 2.05) is 0 Å². The highest BCUT2D eigenvalue weighted by molar-refractivity contribution is 9.13. The van der Waals surface area contributed by atoms with Gasteiger partial charge in [0, 0.05) is 15.4 Å². The molecule has 1 nitrogen and oxygen atoms in total. The van der Waals surface area contributed by atoms with Gasteiger partial charge in [-0.05, 0) is 50.9 Å².